The fourth-order valence-electron chi connectivity index (χ4n) is 0.946. The van der Waals surface area contributed by atoms with Crippen LogP contribution >= 0.6 is 11.6 Å². The highest BCUT2D eigenvalue weighted by molar-refractivity contribution is 6.31. The van der Waals surface area contributed by atoms with Gasteiger partial charge in [-0.2, -0.15) is 0 Å². The lowest BCUT2D eigenvalue weighted by atomic mass is 10.2. The molecular formula is C10H12ClNO3. The summed E-state index contributed by atoms with van der Waals surface area (Å²) in [4.78, 5) is 11.1. The maximum atomic E-state index is 11.1. The second-order valence-electron chi connectivity index (χ2n) is 2.99. The summed E-state index contributed by atoms with van der Waals surface area (Å²) >= 11 is 5.85. The van der Waals surface area contributed by atoms with E-state index < -0.39 is 18.6 Å². The minimum Gasteiger partial charge on any atom is -0.460 e. The largest absolute Gasteiger partial charge is 0.460 e. The molecule has 1 aromatic rings. The Bertz CT molecular complexity index is 343. The van der Waals surface area contributed by atoms with E-state index in [-0.39, 0.29) is 6.61 Å². The number of carbonyl (C=O) groups excluding carboxylic acids is 1. The van der Waals surface area contributed by atoms with Crippen molar-refractivity contribution in [1.29, 1.82) is 0 Å². The summed E-state index contributed by atoms with van der Waals surface area (Å²) in [5.74, 6) is -0.641. The van der Waals surface area contributed by atoms with Gasteiger partial charge in [0.1, 0.15) is 12.6 Å². The molecule has 0 saturated heterocycles. The van der Waals surface area contributed by atoms with E-state index in [0.717, 1.165) is 0 Å². The molecular weight excluding hydrogens is 218 g/mol. The van der Waals surface area contributed by atoms with Gasteiger partial charge in [0, 0.05) is 10.6 Å². The van der Waals surface area contributed by atoms with Gasteiger partial charge in [-0.25, -0.2) is 0 Å². The first-order valence-electron chi connectivity index (χ1n) is 4.41. The first kappa shape index (κ1) is 12.0. The Morgan fingerprint density at radius 2 is 2.20 bits per heavy atom. The Kier molecular flexibility index (Phi) is 4.55. The van der Waals surface area contributed by atoms with Crippen LogP contribution in [0.5, 0.6) is 0 Å². The van der Waals surface area contributed by atoms with E-state index in [9.17, 15) is 4.79 Å². The maximum absolute atomic E-state index is 11.1. The highest BCUT2D eigenvalue weighted by Gasteiger charge is 2.13. The van der Waals surface area contributed by atoms with E-state index in [2.05, 4.69) is 0 Å². The normalized spacial score (nSPS) is 12.2. The van der Waals surface area contributed by atoms with Gasteiger partial charge in [-0.15, -0.1) is 0 Å². The quantitative estimate of drug-likeness (QED) is 0.746. The fourth-order valence-corrected chi connectivity index (χ4v) is 1.14. The van der Waals surface area contributed by atoms with E-state index >= 15 is 0 Å². The molecule has 15 heavy (non-hydrogen) atoms. The van der Waals surface area contributed by atoms with Gasteiger partial charge in [0.25, 0.3) is 0 Å². The number of ether oxygens (including phenoxy) is 1. The summed E-state index contributed by atoms with van der Waals surface area (Å²) in [6, 6.07) is 6.04. The molecule has 0 unspecified atom stereocenters. The molecule has 3 N–H and O–H groups in total. The van der Waals surface area contributed by atoms with Crippen LogP contribution in [0.3, 0.4) is 0 Å². The molecule has 0 aliphatic heterocycles. The number of nitrogens with two attached hydrogens (primary N) is 1. The van der Waals surface area contributed by atoms with E-state index in [1.807, 2.05) is 0 Å². The lowest BCUT2D eigenvalue weighted by molar-refractivity contribution is -0.147. The zero-order valence-electron chi connectivity index (χ0n) is 8.02. The number of aliphatic hydroxyl groups is 1. The van der Waals surface area contributed by atoms with Gasteiger partial charge in [-0.3, -0.25) is 4.79 Å². The van der Waals surface area contributed by atoms with Crippen molar-refractivity contribution in [2.75, 3.05) is 6.61 Å². The molecule has 0 spiro atoms. The summed E-state index contributed by atoms with van der Waals surface area (Å²) < 4.78 is 4.85. The molecule has 0 amide bonds. The lowest BCUT2D eigenvalue weighted by Crippen LogP contribution is -2.35. The molecule has 0 aliphatic rings. The highest BCUT2D eigenvalue weighted by Crippen LogP contribution is 2.15. The van der Waals surface area contributed by atoms with Crippen LogP contribution in [0.1, 0.15) is 5.56 Å². The Morgan fingerprint density at radius 3 is 2.80 bits per heavy atom. The molecule has 1 aromatic carbocycles. The van der Waals surface area contributed by atoms with Crippen molar-refractivity contribution >= 4 is 17.6 Å². The van der Waals surface area contributed by atoms with Crippen LogP contribution < -0.4 is 5.73 Å². The Balaban J connectivity index is 2.51. The van der Waals surface area contributed by atoms with Crippen LogP contribution in [0.25, 0.3) is 0 Å². The Labute approximate surface area is 92.6 Å². The smallest absolute Gasteiger partial charge is 0.325 e. The zero-order chi connectivity index (χ0) is 11.3. The second kappa shape index (κ2) is 5.70. The van der Waals surface area contributed by atoms with Crippen LogP contribution in [-0.2, 0) is 16.1 Å². The van der Waals surface area contributed by atoms with Crippen molar-refractivity contribution in [1.82, 2.24) is 0 Å². The summed E-state index contributed by atoms with van der Waals surface area (Å²) in [5, 5.41) is 9.14. The number of benzene rings is 1. The summed E-state index contributed by atoms with van der Waals surface area (Å²) in [7, 11) is 0. The van der Waals surface area contributed by atoms with Crippen molar-refractivity contribution in [2.24, 2.45) is 5.73 Å². The first-order chi connectivity index (χ1) is 7.15. The third-order valence-electron chi connectivity index (χ3n) is 1.83. The average Bonchev–Trinajstić information content (AvgIpc) is 2.26. The molecule has 0 aromatic heterocycles. The van der Waals surface area contributed by atoms with Crippen molar-refractivity contribution in [3.8, 4) is 0 Å². The molecule has 5 heteroatoms. The van der Waals surface area contributed by atoms with Crippen LogP contribution in [0.2, 0.25) is 5.02 Å². The second-order valence-corrected chi connectivity index (χ2v) is 3.40. The number of hydrogen-bond acceptors (Lipinski definition) is 4. The van der Waals surface area contributed by atoms with Crippen molar-refractivity contribution in [3.05, 3.63) is 34.9 Å². The standard InChI is InChI=1S/C10H12ClNO3/c11-8-4-2-1-3-7(8)6-15-10(14)9(12)5-13/h1-4,9,13H,5-6,12H2/t9-/m1/s1. The molecule has 0 bridgehead atoms. The van der Waals surface area contributed by atoms with Crippen LogP contribution in [0, 0.1) is 0 Å². The van der Waals surface area contributed by atoms with Gasteiger partial charge in [0.05, 0.1) is 6.61 Å². The predicted octanol–water partition coefficient (Wildman–Crippen LogP) is 0.703. The van der Waals surface area contributed by atoms with E-state index in [0.29, 0.717) is 10.6 Å². The predicted molar refractivity (Wildman–Crippen MR) is 56.3 cm³/mol. The summed E-state index contributed by atoms with van der Waals surface area (Å²) in [5.41, 5.74) is 5.97. The number of aliphatic hydroxyl groups excluding tert-OH is 1. The molecule has 0 aliphatic carbocycles. The Morgan fingerprint density at radius 1 is 1.53 bits per heavy atom. The van der Waals surface area contributed by atoms with Gasteiger partial charge in [-0.05, 0) is 6.07 Å². The molecule has 1 atom stereocenters. The summed E-state index contributed by atoms with van der Waals surface area (Å²) in [6.07, 6.45) is 0. The minimum absolute atomic E-state index is 0.0617. The molecule has 0 fully saturated rings. The molecule has 4 nitrogen and oxygen atoms in total. The Hall–Kier alpha value is -1.10. The van der Waals surface area contributed by atoms with Gasteiger partial charge >= 0.3 is 5.97 Å². The fraction of sp³-hybridized carbons (Fsp3) is 0.300. The number of carbonyl (C=O) groups is 1. The lowest BCUT2D eigenvalue weighted by Gasteiger charge is -2.09. The first-order valence-corrected chi connectivity index (χ1v) is 4.79. The maximum Gasteiger partial charge on any atom is 0.325 e. The van der Waals surface area contributed by atoms with Crippen molar-refractivity contribution in [2.45, 2.75) is 12.6 Å². The van der Waals surface area contributed by atoms with Crippen LogP contribution in [0.4, 0.5) is 0 Å². The number of halogens is 1. The molecule has 82 valence electrons. The molecule has 0 radical (unpaired) electrons. The number of rotatable bonds is 4. The van der Waals surface area contributed by atoms with Crippen molar-refractivity contribution in [3.63, 3.8) is 0 Å². The highest BCUT2D eigenvalue weighted by atomic mass is 35.5. The van der Waals surface area contributed by atoms with E-state index in [1.54, 1.807) is 24.3 Å². The van der Waals surface area contributed by atoms with Gasteiger partial charge < -0.3 is 15.6 Å². The van der Waals surface area contributed by atoms with Gasteiger partial charge in [0.2, 0.25) is 0 Å². The zero-order valence-corrected chi connectivity index (χ0v) is 8.78. The topological polar surface area (TPSA) is 72.5 Å². The van der Waals surface area contributed by atoms with Crippen molar-refractivity contribution < 1.29 is 14.6 Å². The monoisotopic (exact) mass is 229 g/mol. The van der Waals surface area contributed by atoms with E-state index in [1.165, 1.54) is 0 Å². The van der Waals surface area contributed by atoms with Gasteiger partial charge in [0.15, 0.2) is 0 Å². The number of hydrogen-bond donors (Lipinski definition) is 2. The molecule has 1 rings (SSSR count). The van der Waals surface area contributed by atoms with Gasteiger partial charge in [-0.1, -0.05) is 29.8 Å². The SMILES string of the molecule is N[C@H](CO)C(=O)OCc1ccccc1Cl. The minimum atomic E-state index is -0.993. The molecule has 0 saturated carbocycles. The third kappa shape index (κ3) is 3.51. The third-order valence-corrected chi connectivity index (χ3v) is 2.20. The average molecular weight is 230 g/mol. The van der Waals surface area contributed by atoms with Crippen LogP contribution in [-0.4, -0.2) is 23.7 Å². The number of esters is 1. The van der Waals surface area contributed by atoms with E-state index in [4.69, 9.17) is 27.2 Å². The summed E-state index contributed by atoms with van der Waals surface area (Å²) in [6.45, 7) is -0.367. The molecule has 0 heterocycles. The van der Waals surface area contributed by atoms with Crippen LogP contribution in [0.15, 0.2) is 24.3 Å².